The second kappa shape index (κ2) is 8.33. The number of carbonyl (C=O) groups excluding carboxylic acids is 2. The van der Waals surface area contributed by atoms with Crippen LogP contribution >= 0.6 is 0 Å². The standard InChI is InChI=1S/C23H26FN3O2/c1-2-16-5-7-17(8-6-16)21-15-25-11-13-27(21)23(29)19-14-18(9-10-20(19)24)26-12-3-4-22(26)28/h5-10,14,21,25H,2-4,11-13,15H2,1H3. The van der Waals surface area contributed by atoms with Gasteiger partial charge in [-0.05, 0) is 42.2 Å². The van der Waals surface area contributed by atoms with Crippen molar-refractivity contribution < 1.29 is 14.0 Å². The highest BCUT2D eigenvalue weighted by atomic mass is 19.1. The Labute approximate surface area is 170 Å². The van der Waals surface area contributed by atoms with Crippen LogP contribution in [0.1, 0.15) is 47.3 Å². The minimum atomic E-state index is -0.552. The molecule has 2 heterocycles. The average molecular weight is 395 g/mol. The van der Waals surface area contributed by atoms with E-state index >= 15 is 0 Å². The predicted octanol–water partition coefficient (Wildman–Crippen LogP) is 3.30. The van der Waals surface area contributed by atoms with Gasteiger partial charge >= 0.3 is 0 Å². The highest BCUT2D eigenvalue weighted by molar-refractivity contribution is 5.99. The summed E-state index contributed by atoms with van der Waals surface area (Å²) >= 11 is 0. The zero-order chi connectivity index (χ0) is 20.4. The van der Waals surface area contributed by atoms with E-state index in [0.29, 0.717) is 38.3 Å². The van der Waals surface area contributed by atoms with E-state index in [1.165, 1.54) is 17.7 Å². The Hall–Kier alpha value is -2.73. The molecule has 2 saturated heterocycles. The molecule has 152 valence electrons. The van der Waals surface area contributed by atoms with Gasteiger partial charge in [0.05, 0.1) is 11.6 Å². The van der Waals surface area contributed by atoms with Crippen molar-refractivity contribution in [1.82, 2.24) is 10.2 Å². The van der Waals surface area contributed by atoms with Crippen molar-refractivity contribution in [2.24, 2.45) is 0 Å². The lowest BCUT2D eigenvalue weighted by molar-refractivity contribution is -0.117. The van der Waals surface area contributed by atoms with Gasteiger partial charge in [0.15, 0.2) is 0 Å². The maximum Gasteiger partial charge on any atom is 0.257 e. The van der Waals surface area contributed by atoms with E-state index in [1.807, 2.05) is 12.1 Å². The molecule has 0 spiro atoms. The SMILES string of the molecule is CCc1ccc(C2CNCCN2C(=O)c2cc(N3CCCC3=O)ccc2F)cc1. The van der Waals surface area contributed by atoms with Crippen LogP contribution in [0.15, 0.2) is 42.5 Å². The molecule has 1 unspecified atom stereocenters. The molecule has 6 heteroatoms. The molecule has 0 aliphatic carbocycles. The summed E-state index contributed by atoms with van der Waals surface area (Å²) in [6, 6.07) is 12.5. The number of anilines is 1. The molecule has 4 rings (SSSR count). The van der Waals surface area contributed by atoms with Crippen LogP contribution < -0.4 is 10.2 Å². The summed E-state index contributed by atoms with van der Waals surface area (Å²) in [6.07, 6.45) is 2.24. The number of piperazine rings is 1. The number of amides is 2. The van der Waals surface area contributed by atoms with Crippen LogP contribution in [0.4, 0.5) is 10.1 Å². The lowest BCUT2D eigenvalue weighted by atomic mass is 9.99. The quantitative estimate of drug-likeness (QED) is 0.864. The van der Waals surface area contributed by atoms with Crippen LogP contribution in [0.5, 0.6) is 0 Å². The van der Waals surface area contributed by atoms with Gasteiger partial charge < -0.3 is 15.1 Å². The zero-order valence-electron chi connectivity index (χ0n) is 16.7. The zero-order valence-corrected chi connectivity index (χ0v) is 16.7. The summed E-state index contributed by atoms with van der Waals surface area (Å²) in [6.45, 7) is 4.52. The Kier molecular flexibility index (Phi) is 5.62. The van der Waals surface area contributed by atoms with Crippen molar-refractivity contribution in [3.05, 3.63) is 65.0 Å². The minimum absolute atomic E-state index is 0.0195. The third kappa shape index (κ3) is 3.90. The molecule has 29 heavy (non-hydrogen) atoms. The third-order valence-corrected chi connectivity index (χ3v) is 5.84. The van der Waals surface area contributed by atoms with Gasteiger partial charge in [-0.2, -0.15) is 0 Å². The second-order valence-electron chi connectivity index (χ2n) is 7.63. The lowest BCUT2D eigenvalue weighted by Gasteiger charge is -2.37. The van der Waals surface area contributed by atoms with Crippen LogP contribution in [0, 0.1) is 5.82 Å². The first-order valence-corrected chi connectivity index (χ1v) is 10.3. The molecular weight excluding hydrogens is 369 g/mol. The molecule has 2 amide bonds. The van der Waals surface area contributed by atoms with Crippen LogP contribution in [0.3, 0.4) is 0 Å². The molecule has 2 fully saturated rings. The molecule has 1 N–H and O–H groups in total. The third-order valence-electron chi connectivity index (χ3n) is 5.84. The van der Waals surface area contributed by atoms with Crippen molar-refractivity contribution >= 4 is 17.5 Å². The summed E-state index contributed by atoms with van der Waals surface area (Å²) in [7, 11) is 0. The molecule has 0 radical (unpaired) electrons. The van der Waals surface area contributed by atoms with E-state index in [0.717, 1.165) is 18.4 Å². The van der Waals surface area contributed by atoms with Crippen molar-refractivity contribution in [3.8, 4) is 0 Å². The molecule has 2 aliphatic heterocycles. The Morgan fingerprint density at radius 2 is 1.97 bits per heavy atom. The molecule has 1 atom stereocenters. The fourth-order valence-corrected chi connectivity index (χ4v) is 4.14. The highest BCUT2D eigenvalue weighted by Gasteiger charge is 2.31. The van der Waals surface area contributed by atoms with Gasteiger partial charge in [0.25, 0.3) is 5.91 Å². The molecule has 2 aliphatic rings. The Balaban J connectivity index is 1.63. The van der Waals surface area contributed by atoms with Gasteiger partial charge in [-0.3, -0.25) is 9.59 Å². The van der Waals surface area contributed by atoms with E-state index in [4.69, 9.17) is 0 Å². The van der Waals surface area contributed by atoms with E-state index in [9.17, 15) is 14.0 Å². The number of hydrogen-bond acceptors (Lipinski definition) is 3. The fraction of sp³-hybridized carbons (Fsp3) is 0.391. The van der Waals surface area contributed by atoms with Gasteiger partial charge in [-0.25, -0.2) is 4.39 Å². The number of rotatable bonds is 4. The number of nitrogens with zero attached hydrogens (tertiary/aromatic N) is 2. The number of benzene rings is 2. The van der Waals surface area contributed by atoms with Crippen molar-refractivity contribution in [3.63, 3.8) is 0 Å². The van der Waals surface area contributed by atoms with Gasteiger partial charge in [-0.15, -0.1) is 0 Å². The van der Waals surface area contributed by atoms with E-state index in [-0.39, 0.29) is 23.4 Å². The molecule has 0 aromatic heterocycles. The topological polar surface area (TPSA) is 52.7 Å². The molecule has 2 aromatic carbocycles. The summed E-state index contributed by atoms with van der Waals surface area (Å²) in [4.78, 5) is 28.8. The normalized spacial score (nSPS) is 19.7. The van der Waals surface area contributed by atoms with Gasteiger partial charge in [0, 0.05) is 38.3 Å². The van der Waals surface area contributed by atoms with Crippen molar-refractivity contribution in [1.29, 1.82) is 0 Å². The molecule has 5 nitrogen and oxygen atoms in total. The second-order valence-corrected chi connectivity index (χ2v) is 7.63. The molecular formula is C23H26FN3O2. The van der Waals surface area contributed by atoms with E-state index in [2.05, 4.69) is 24.4 Å². The van der Waals surface area contributed by atoms with Crippen LogP contribution in [-0.4, -0.2) is 42.9 Å². The predicted molar refractivity (Wildman–Crippen MR) is 110 cm³/mol. The molecule has 0 bridgehead atoms. The monoisotopic (exact) mass is 395 g/mol. The summed E-state index contributed by atoms with van der Waals surface area (Å²) < 4.78 is 14.6. The maximum atomic E-state index is 14.6. The van der Waals surface area contributed by atoms with Gasteiger partial charge in [0.1, 0.15) is 5.82 Å². The van der Waals surface area contributed by atoms with Crippen molar-refractivity contribution in [2.75, 3.05) is 31.1 Å². The first-order chi connectivity index (χ1) is 14.1. The summed E-state index contributed by atoms with van der Waals surface area (Å²) in [5.41, 5.74) is 2.90. The largest absolute Gasteiger partial charge is 0.329 e. The van der Waals surface area contributed by atoms with Crippen LogP contribution in [0.25, 0.3) is 0 Å². The first kappa shape index (κ1) is 19.6. The highest BCUT2D eigenvalue weighted by Crippen LogP contribution is 2.28. The fourth-order valence-electron chi connectivity index (χ4n) is 4.14. The lowest BCUT2D eigenvalue weighted by Crippen LogP contribution is -2.48. The Morgan fingerprint density at radius 3 is 2.66 bits per heavy atom. The Bertz CT molecular complexity index is 913. The Morgan fingerprint density at radius 1 is 1.17 bits per heavy atom. The van der Waals surface area contributed by atoms with Crippen molar-refractivity contribution in [2.45, 2.75) is 32.2 Å². The number of nitrogens with one attached hydrogen (secondary N) is 1. The minimum Gasteiger partial charge on any atom is -0.329 e. The smallest absolute Gasteiger partial charge is 0.257 e. The average Bonchev–Trinajstić information content (AvgIpc) is 3.19. The van der Waals surface area contributed by atoms with E-state index in [1.54, 1.807) is 15.9 Å². The van der Waals surface area contributed by atoms with Crippen LogP contribution in [-0.2, 0) is 11.2 Å². The molecule has 2 aromatic rings. The maximum absolute atomic E-state index is 14.6. The number of hydrogen-bond donors (Lipinski definition) is 1. The first-order valence-electron chi connectivity index (χ1n) is 10.3. The number of carbonyl (C=O) groups is 2. The number of aryl methyl sites for hydroxylation is 1. The van der Waals surface area contributed by atoms with Gasteiger partial charge in [0.2, 0.25) is 5.91 Å². The van der Waals surface area contributed by atoms with Crippen LogP contribution in [0.2, 0.25) is 0 Å². The van der Waals surface area contributed by atoms with E-state index < -0.39 is 5.82 Å². The number of halogens is 1. The molecule has 0 saturated carbocycles. The summed E-state index contributed by atoms with van der Waals surface area (Å²) in [5, 5.41) is 3.33. The van der Waals surface area contributed by atoms with Gasteiger partial charge in [-0.1, -0.05) is 31.2 Å². The summed E-state index contributed by atoms with van der Waals surface area (Å²) in [5.74, 6) is -0.864.